The molecule has 43 heavy (non-hydrogen) atoms. The van der Waals surface area contributed by atoms with E-state index in [1.807, 2.05) is 44.2 Å². The molecular formula is C32H38FN3O6S. The monoisotopic (exact) mass is 611 g/mol. The zero-order chi connectivity index (χ0) is 31.0. The molecule has 4 rings (SSSR count). The summed E-state index contributed by atoms with van der Waals surface area (Å²) < 4.78 is 52.2. The van der Waals surface area contributed by atoms with E-state index in [4.69, 9.17) is 9.47 Å². The lowest BCUT2D eigenvalue weighted by Crippen LogP contribution is -2.52. The van der Waals surface area contributed by atoms with Crippen LogP contribution < -0.4 is 19.1 Å². The number of nitrogens with zero attached hydrogens (tertiary/aromatic N) is 2. The largest absolute Gasteiger partial charge is 0.454 e. The number of amides is 2. The minimum absolute atomic E-state index is 0.0141. The van der Waals surface area contributed by atoms with Crippen LogP contribution in [0.25, 0.3) is 0 Å². The maximum Gasteiger partial charge on any atom is 0.243 e. The van der Waals surface area contributed by atoms with Crippen LogP contribution in [0.4, 0.5) is 10.1 Å². The Hall–Kier alpha value is -4.12. The minimum atomic E-state index is -3.70. The molecule has 230 valence electrons. The molecule has 0 aliphatic carbocycles. The van der Waals surface area contributed by atoms with Gasteiger partial charge in [-0.25, -0.2) is 12.8 Å². The summed E-state index contributed by atoms with van der Waals surface area (Å²) in [4.78, 5) is 28.9. The average Bonchev–Trinajstić information content (AvgIpc) is 3.45. The van der Waals surface area contributed by atoms with Gasteiger partial charge in [-0.15, -0.1) is 0 Å². The van der Waals surface area contributed by atoms with Crippen molar-refractivity contribution in [2.24, 2.45) is 0 Å². The molecule has 9 nitrogen and oxygen atoms in total. The van der Waals surface area contributed by atoms with E-state index in [9.17, 15) is 22.4 Å². The second kappa shape index (κ2) is 14.4. The number of carbonyl (C=O) groups excluding carboxylic acids is 2. The van der Waals surface area contributed by atoms with Crippen LogP contribution in [-0.2, 0) is 32.6 Å². The fourth-order valence-electron chi connectivity index (χ4n) is 4.85. The molecule has 1 aliphatic rings. The van der Waals surface area contributed by atoms with Crippen LogP contribution in [0, 0.1) is 5.82 Å². The third-order valence-corrected chi connectivity index (χ3v) is 8.56. The van der Waals surface area contributed by atoms with Crippen molar-refractivity contribution >= 4 is 27.5 Å². The molecule has 0 saturated heterocycles. The summed E-state index contributed by atoms with van der Waals surface area (Å²) in [6.07, 6.45) is 2.13. The molecule has 0 fully saturated rings. The van der Waals surface area contributed by atoms with Gasteiger partial charge in [0.25, 0.3) is 0 Å². The highest BCUT2D eigenvalue weighted by Gasteiger charge is 2.31. The van der Waals surface area contributed by atoms with Gasteiger partial charge in [0.2, 0.25) is 28.6 Å². The molecule has 11 heteroatoms. The Balaban J connectivity index is 1.59. The Morgan fingerprint density at radius 3 is 2.40 bits per heavy atom. The highest BCUT2D eigenvalue weighted by molar-refractivity contribution is 7.92. The van der Waals surface area contributed by atoms with Gasteiger partial charge in [0.1, 0.15) is 11.9 Å². The molecule has 0 unspecified atom stereocenters. The highest BCUT2D eigenvalue weighted by atomic mass is 32.2. The van der Waals surface area contributed by atoms with Crippen molar-refractivity contribution < 1.29 is 31.9 Å². The molecule has 0 radical (unpaired) electrons. The summed E-state index contributed by atoms with van der Waals surface area (Å²) in [6, 6.07) is 19.3. The number of ether oxygens (including phenoxy) is 2. The predicted octanol–water partition coefficient (Wildman–Crippen LogP) is 4.66. The van der Waals surface area contributed by atoms with Gasteiger partial charge in [-0.1, -0.05) is 55.5 Å². The summed E-state index contributed by atoms with van der Waals surface area (Å²) in [5.41, 5.74) is 1.52. The molecule has 0 aromatic heterocycles. The molecule has 3 aromatic carbocycles. The van der Waals surface area contributed by atoms with Gasteiger partial charge in [0, 0.05) is 43.6 Å². The molecule has 1 aliphatic heterocycles. The Morgan fingerprint density at radius 2 is 1.70 bits per heavy atom. The second-order valence-electron chi connectivity index (χ2n) is 10.6. The van der Waals surface area contributed by atoms with E-state index in [2.05, 4.69) is 5.32 Å². The standard InChI is InChI=1S/C32H38FN3O6S/c1-4-23(2)34-32(38)28(19-24-11-6-5-7-12-24)35(21-25-13-8-9-14-27(25)33)31(37)15-10-18-36(43(3,39)40)26-16-17-29-30(20-26)42-22-41-29/h5-9,11-14,16-17,20,23,28H,4,10,15,18-19,21-22H2,1-3H3,(H,34,38)/t23-,28+/m0/s1. The number of fused-ring (bicyclic) bond motifs is 1. The summed E-state index contributed by atoms with van der Waals surface area (Å²) >= 11 is 0. The molecule has 2 amide bonds. The third kappa shape index (κ3) is 8.47. The van der Waals surface area contributed by atoms with E-state index >= 15 is 0 Å². The Labute approximate surface area is 252 Å². The zero-order valence-electron chi connectivity index (χ0n) is 24.7. The number of benzene rings is 3. The number of hydrogen-bond acceptors (Lipinski definition) is 6. The van der Waals surface area contributed by atoms with Crippen LogP contribution >= 0.6 is 0 Å². The number of nitrogens with one attached hydrogen (secondary N) is 1. The molecule has 1 heterocycles. The van der Waals surface area contributed by atoms with E-state index in [0.29, 0.717) is 23.6 Å². The first-order valence-electron chi connectivity index (χ1n) is 14.3. The van der Waals surface area contributed by atoms with Crippen molar-refractivity contribution in [3.8, 4) is 11.5 Å². The maximum absolute atomic E-state index is 14.8. The van der Waals surface area contributed by atoms with Crippen LogP contribution in [0.3, 0.4) is 0 Å². The number of hydrogen-bond donors (Lipinski definition) is 1. The van der Waals surface area contributed by atoms with E-state index in [1.54, 1.807) is 36.4 Å². The van der Waals surface area contributed by atoms with Crippen molar-refractivity contribution in [1.29, 1.82) is 0 Å². The van der Waals surface area contributed by atoms with E-state index in [-0.39, 0.29) is 62.6 Å². The summed E-state index contributed by atoms with van der Waals surface area (Å²) in [6.45, 7) is 3.79. The smallest absolute Gasteiger partial charge is 0.243 e. The third-order valence-electron chi connectivity index (χ3n) is 7.37. The van der Waals surface area contributed by atoms with Gasteiger partial charge >= 0.3 is 0 Å². The number of sulfonamides is 1. The van der Waals surface area contributed by atoms with Crippen LogP contribution in [0.2, 0.25) is 0 Å². The van der Waals surface area contributed by atoms with Crippen molar-refractivity contribution in [3.63, 3.8) is 0 Å². The van der Waals surface area contributed by atoms with Crippen molar-refractivity contribution in [2.75, 3.05) is 23.9 Å². The van der Waals surface area contributed by atoms with Crippen molar-refractivity contribution in [3.05, 3.63) is 89.7 Å². The average molecular weight is 612 g/mol. The Bertz CT molecular complexity index is 1520. The second-order valence-corrected chi connectivity index (χ2v) is 12.5. The molecule has 0 saturated carbocycles. The topological polar surface area (TPSA) is 105 Å². The molecule has 0 spiro atoms. The Morgan fingerprint density at radius 1 is 1.00 bits per heavy atom. The van der Waals surface area contributed by atoms with Gasteiger partial charge in [-0.05, 0) is 43.5 Å². The van der Waals surface area contributed by atoms with Crippen LogP contribution in [-0.4, -0.2) is 56.8 Å². The normalized spacial score (nSPS) is 13.7. The first-order chi connectivity index (χ1) is 20.6. The molecule has 0 bridgehead atoms. The predicted molar refractivity (Wildman–Crippen MR) is 163 cm³/mol. The highest BCUT2D eigenvalue weighted by Crippen LogP contribution is 2.36. The lowest BCUT2D eigenvalue weighted by molar-refractivity contribution is -0.141. The fourth-order valence-corrected chi connectivity index (χ4v) is 5.81. The lowest BCUT2D eigenvalue weighted by Gasteiger charge is -2.33. The lowest BCUT2D eigenvalue weighted by atomic mass is 10.0. The van der Waals surface area contributed by atoms with Gasteiger partial charge in [0.05, 0.1) is 11.9 Å². The van der Waals surface area contributed by atoms with Crippen LogP contribution in [0.15, 0.2) is 72.8 Å². The van der Waals surface area contributed by atoms with Gasteiger partial charge < -0.3 is 19.7 Å². The first kappa shape index (κ1) is 31.8. The zero-order valence-corrected chi connectivity index (χ0v) is 25.5. The quantitative estimate of drug-likeness (QED) is 0.285. The fraction of sp³-hybridized carbons (Fsp3) is 0.375. The van der Waals surface area contributed by atoms with Gasteiger partial charge in [-0.2, -0.15) is 0 Å². The minimum Gasteiger partial charge on any atom is -0.454 e. The van der Waals surface area contributed by atoms with Crippen molar-refractivity contribution in [1.82, 2.24) is 10.2 Å². The van der Waals surface area contributed by atoms with Crippen molar-refractivity contribution in [2.45, 2.75) is 58.2 Å². The number of anilines is 1. The van der Waals surface area contributed by atoms with Gasteiger partial charge in [0.15, 0.2) is 11.5 Å². The summed E-state index contributed by atoms with van der Waals surface area (Å²) in [5, 5.41) is 2.99. The SMILES string of the molecule is CC[C@H](C)NC(=O)[C@@H](Cc1ccccc1)N(Cc1ccccc1F)C(=O)CCCN(c1ccc2c(c1)OCO2)S(C)(=O)=O. The van der Waals surface area contributed by atoms with E-state index in [1.165, 1.54) is 15.3 Å². The van der Waals surface area contributed by atoms with Crippen LogP contribution in [0.1, 0.15) is 44.2 Å². The number of halogens is 1. The molecule has 2 atom stereocenters. The Kier molecular flexibility index (Phi) is 10.6. The van der Waals surface area contributed by atoms with E-state index in [0.717, 1.165) is 11.8 Å². The first-order valence-corrected chi connectivity index (χ1v) is 16.2. The maximum atomic E-state index is 14.8. The molecule has 3 aromatic rings. The van der Waals surface area contributed by atoms with Crippen LogP contribution in [0.5, 0.6) is 11.5 Å². The number of carbonyl (C=O) groups is 2. The molecule has 1 N–H and O–H groups in total. The summed E-state index contributed by atoms with van der Waals surface area (Å²) in [7, 11) is -3.70. The summed E-state index contributed by atoms with van der Waals surface area (Å²) in [5.74, 6) is -0.235. The number of rotatable bonds is 14. The van der Waals surface area contributed by atoms with E-state index < -0.39 is 21.9 Å². The molecular weight excluding hydrogens is 573 g/mol. The van der Waals surface area contributed by atoms with Gasteiger partial charge in [-0.3, -0.25) is 13.9 Å².